The highest BCUT2D eigenvalue weighted by Crippen LogP contribution is 2.26. The smallest absolute Gasteiger partial charge is 0.303 e. The molecule has 1 aromatic rings. The second kappa shape index (κ2) is 5.69. The lowest BCUT2D eigenvalue weighted by molar-refractivity contribution is -0.137. The molecule has 0 aliphatic heterocycles. The number of aliphatic carboxylic acids is 1. The van der Waals surface area contributed by atoms with E-state index in [0.717, 1.165) is 12.8 Å². The molecular weight excluding hydrogens is 200 g/mol. The quantitative estimate of drug-likeness (QED) is 0.822. The van der Waals surface area contributed by atoms with Gasteiger partial charge >= 0.3 is 5.97 Å². The summed E-state index contributed by atoms with van der Waals surface area (Å²) in [4.78, 5) is 10.8. The fraction of sp³-hybridized carbons (Fsp3) is 0.500. The highest BCUT2D eigenvalue weighted by molar-refractivity contribution is 5.68. The Morgan fingerprint density at radius 2 is 1.81 bits per heavy atom. The molecule has 1 rings (SSSR count). The van der Waals surface area contributed by atoms with Gasteiger partial charge in [0.25, 0.3) is 0 Å². The van der Waals surface area contributed by atoms with Gasteiger partial charge in [-0.25, -0.2) is 0 Å². The number of carboxylic acids is 1. The van der Waals surface area contributed by atoms with Crippen molar-refractivity contribution in [1.29, 1.82) is 0 Å². The number of hydrogen-bond acceptors (Lipinski definition) is 1. The van der Waals surface area contributed by atoms with Gasteiger partial charge in [-0.15, -0.1) is 0 Å². The molecule has 0 radical (unpaired) electrons. The number of rotatable bonds is 5. The molecular formula is C14H20O2. The lowest BCUT2D eigenvalue weighted by Gasteiger charge is -2.15. The summed E-state index contributed by atoms with van der Waals surface area (Å²) in [5.74, 6) is -0.557. The van der Waals surface area contributed by atoms with Crippen LogP contribution in [0.15, 0.2) is 18.2 Å². The molecule has 1 atom stereocenters. The number of benzene rings is 1. The van der Waals surface area contributed by atoms with E-state index in [1.165, 1.54) is 16.7 Å². The fourth-order valence-corrected chi connectivity index (χ4v) is 2.19. The van der Waals surface area contributed by atoms with Crippen LogP contribution < -0.4 is 0 Å². The van der Waals surface area contributed by atoms with Gasteiger partial charge in [0.05, 0.1) is 6.42 Å². The van der Waals surface area contributed by atoms with E-state index in [1.807, 2.05) is 0 Å². The minimum absolute atomic E-state index is 0.154. The van der Waals surface area contributed by atoms with E-state index in [4.69, 9.17) is 5.11 Å². The summed E-state index contributed by atoms with van der Waals surface area (Å²) in [6.07, 6.45) is 2.19. The summed E-state index contributed by atoms with van der Waals surface area (Å²) in [6, 6.07) is 6.33. The predicted octanol–water partition coefficient (Wildman–Crippen LogP) is 3.66. The van der Waals surface area contributed by atoms with Gasteiger partial charge in [0, 0.05) is 0 Å². The molecule has 2 nitrogen and oxygen atoms in total. The van der Waals surface area contributed by atoms with Crippen molar-refractivity contribution >= 4 is 5.97 Å². The molecule has 2 heteroatoms. The van der Waals surface area contributed by atoms with Crippen molar-refractivity contribution in [1.82, 2.24) is 0 Å². The molecule has 0 aliphatic carbocycles. The van der Waals surface area contributed by atoms with Crippen LogP contribution >= 0.6 is 0 Å². The Balaban J connectivity index is 2.95. The zero-order valence-corrected chi connectivity index (χ0v) is 10.3. The number of carbonyl (C=O) groups is 1. The zero-order chi connectivity index (χ0) is 12.1. The first-order valence-electron chi connectivity index (χ1n) is 5.83. The summed E-state index contributed by atoms with van der Waals surface area (Å²) in [5.41, 5.74) is 3.59. The molecule has 0 bridgehead atoms. The molecule has 0 saturated carbocycles. The Hall–Kier alpha value is -1.31. The van der Waals surface area contributed by atoms with E-state index in [1.54, 1.807) is 0 Å². The molecule has 0 fully saturated rings. The van der Waals surface area contributed by atoms with Crippen molar-refractivity contribution in [2.75, 3.05) is 0 Å². The third-order valence-electron chi connectivity index (χ3n) is 2.77. The molecule has 1 N–H and O–H groups in total. The second-order valence-electron chi connectivity index (χ2n) is 4.50. The molecule has 88 valence electrons. The average Bonchev–Trinajstić information content (AvgIpc) is 2.14. The summed E-state index contributed by atoms with van der Waals surface area (Å²) < 4.78 is 0. The summed E-state index contributed by atoms with van der Waals surface area (Å²) in [7, 11) is 0. The summed E-state index contributed by atoms with van der Waals surface area (Å²) in [5, 5.41) is 8.91. The first-order chi connectivity index (χ1) is 7.52. The third-order valence-corrected chi connectivity index (χ3v) is 2.77. The van der Waals surface area contributed by atoms with Crippen LogP contribution in [0.5, 0.6) is 0 Å². The van der Waals surface area contributed by atoms with Crippen LogP contribution in [0.2, 0.25) is 0 Å². The van der Waals surface area contributed by atoms with Gasteiger partial charge in [0.2, 0.25) is 0 Å². The Kier molecular flexibility index (Phi) is 4.53. The van der Waals surface area contributed by atoms with E-state index >= 15 is 0 Å². The molecule has 0 amide bonds. The molecule has 0 aliphatic rings. The van der Waals surface area contributed by atoms with Crippen LogP contribution in [-0.4, -0.2) is 11.1 Å². The van der Waals surface area contributed by atoms with Crippen LogP contribution in [0.4, 0.5) is 0 Å². The average molecular weight is 220 g/mol. The fourth-order valence-electron chi connectivity index (χ4n) is 2.19. The van der Waals surface area contributed by atoms with Gasteiger partial charge < -0.3 is 5.11 Å². The number of carboxylic acid groups (broad SMARTS) is 1. The molecule has 1 aromatic carbocycles. The minimum Gasteiger partial charge on any atom is -0.481 e. The third kappa shape index (κ3) is 3.69. The summed E-state index contributed by atoms with van der Waals surface area (Å²) >= 11 is 0. The molecule has 0 spiro atoms. The van der Waals surface area contributed by atoms with Crippen molar-refractivity contribution in [3.63, 3.8) is 0 Å². The van der Waals surface area contributed by atoms with Crippen molar-refractivity contribution < 1.29 is 9.90 Å². The van der Waals surface area contributed by atoms with Gasteiger partial charge in [-0.1, -0.05) is 42.7 Å². The van der Waals surface area contributed by atoms with E-state index in [0.29, 0.717) is 0 Å². The van der Waals surface area contributed by atoms with Crippen molar-refractivity contribution in [2.45, 2.75) is 46.0 Å². The van der Waals surface area contributed by atoms with Crippen molar-refractivity contribution in [2.24, 2.45) is 0 Å². The van der Waals surface area contributed by atoms with E-state index in [2.05, 4.69) is 39.0 Å². The first kappa shape index (κ1) is 12.8. The summed E-state index contributed by atoms with van der Waals surface area (Å²) in [6.45, 7) is 6.21. The topological polar surface area (TPSA) is 37.3 Å². The maximum absolute atomic E-state index is 10.8. The van der Waals surface area contributed by atoms with Crippen LogP contribution in [0, 0.1) is 13.8 Å². The Labute approximate surface area is 97.3 Å². The minimum atomic E-state index is -0.711. The van der Waals surface area contributed by atoms with E-state index < -0.39 is 5.97 Å². The van der Waals surface area contributed by atoms with Crippen LogP contribution in [0.3, 0.4) is 0 Å². The maximum atomic E-state index is 10.8. The molecule has 0 heterocycles. The van der Waals surface area contributed by atoms with Crippen LogP contribution in [0.25, 0.3) is 0 Å². The second-order valence-corrected chi connectivity index (χ2v) is 4.50. The molecule has 1 unspecified atom stereocenters. The highest BCUT2D eigenvalue weighted by Gasteiger charge is 2.15. The van der Waals surface area contributed by atoms with Gasteiger partial charge in [0.15, 0.2) is 0 Å². The monoisotopic (exact) mass is 220 g/mol. The SMILES string of the molecule is CCCC(CC(=O)O)c1cc(C)cc(C)c1. The Morgan fingerprint density at radius 3 is 2.25 bits per heavy atom. The Bertz CT molecular complexity index is 349. The van der Waals surface area contributed by atoms with Gasteiger partial charge in [0.1, 0.15) is 0 Å². The highest BCUT2D eigenvalue weighted by atomic mass is 16.4. The molecule has 0 saturated heterocycles. The van der Waals surface area contributed by atoms with Crippen molar-refractivity contribution in [3.8, 4) is 0 Å². The van der Waals surface area contributed by atoms with E-state index in [9.17, 15) is 4.79 Å². The normalized spacial score (nSPS) is 12.4. The standard InChI is InChI=1S/C14H20O2/c1-4-5-12(9-14(15)16)13-7-10(2)6-11(3)8-13/h6-8,12H,4-5,9H2,1-3H3,(H,15,16). The lowest BCUT2D eigenvalue weighted by Crippen LogP contribution is -2.06. The zero-order valence-electron chi connectivity index (χ0n) is 10.3. The maximum Gasteiger partial charge on any atom is 0.303 e. The Morgan fingerprint density at radius 1 is 1.25 bits per heavy atom. The predicted molar refractivity (Wildman–Crippen MR) is 65.8 cm³/mol. The van der Waals surface area contributed by atoms with E-state index in [-0.39, 0.29) is 12.3 Å². The van der Waals surface area contributed by atoms with Crippen LogP contribution in [0.1, 0.15) is 48.8 Å². The lowest BCUT2D eigenvalue weighted by atomic mass is 9.89. The van der Waals surface area contributed by atoms with Gasteiger partial charge in [-0.2, -0.15) is 0 Å². The number of aryl methyl sites for hydroxylation is 2. The van der Waals surface area contributed by atoms with Gasteiger partial charge in [-0.05, 0) is 31.7 Å². The molecule has 16 heavy (non-hydrogen) atoms. The van der Waals surface area contributed by atoms with Crippen molar-refractivity contribution in [3.05, 3.63) is 34.9 Å². The van der Waals surface area contributed by atoms with Crippen LogP contribution in [-0.2, 0) is 4.79 Å². The molecule has 0 aromatic heterocycles. The number of hydrogen-bond donors (Lipinski definition) is 1. The first-order valence-corrected chi connectivity index (χ1v) is 5.83. The largest absolute Gasteiger partial charge is 0.481 e. The van der Waals surface area contributed by atoms with Gasteiger partial charge in [-0.3, -0.25) is 4.79 Å².